The summed E-state index contributed by atoms with van der Waals surface area (Å²) in [7, 11) is 0. The van der Waals surface area contributed by atoms with Gasteiger partial charge in [0.1, 0.15) is 12.4 Å². The molecule has 0 aliphatic carbocycles. The van der Waals surface area contributed by atoms with Crippen LogP contribution in [0.4, 0.5) is 4.39 Å². The highest BCUT2D eigenvalue weighted by atomic mass is 19.1. The van der Waals surface area contributed by atoms with Crippen LogP contribution < -0.4 is 10.4 Å². The van der Waals surface area contributed by atoms with Crippen molar-refractivity contribution in [1.82, 2.24) is 4.73 Å². The van der Waals surface area contributed by atoms with E-state index in [4.69, 9.17) is 9.94 Å². The van der Waals surface area contributed by atoms with Gasteiger partial charge in [0.15, 0.2) is 0 Å². The number of hydrogen-bond donors (Lipinski definition) is 1. The minimum atomic E-state index is -1.16. The molecule has 0 spiro atoms. The van der Waals surface area contributed by atoms with E-state index in [-0.39, 0.29) is 12.2 Å². The second-order valence-electron chi connectivity index (χ2n) is 3.79. The molecule has 0 fully saturated rings. The van der Waals surface area contributed by atoms with Crippen molar-refractivity contribution in [3.05, 3.63) is 69.9 Å². The predicted molar refractivity (Wildman–Crippen MR) is 64.3 cm³/mol. The first-order chi connectivity index (χ1) is 9.06. The molecular formula is C13H10FNO4. The first-order valence-corrected chi connectivity index (χ1v) is 5.40. The zero-order valence-corrected chi connectivity index (χ0v) is 9.75. The largest absolute Gasteiger partial charge is 0.478 e. The average molecular weight is 263 g/mol. The second-order valence-corrected chi connectivity index (χ2v) is 3.79. The van der Waals surface area contributed by atoms with Gasteiger partial charge < -0.3 is 9.94 Å². The van der Waals surface area contributed by atoms with E-state index >= 15 is 0 Å². The van der Waals surface area contributed by atoms with Crippen LogP contribution in [0.3, 0.4) is 0 Å². The van der Waals surface area contributed by atoms with Gasteiger partial charge in [0, 0.05) is 6.07 Å². The molecule has 0 aliphatic rings. The average Bonchev–Trinajstić information content (AvgIpc) is 2.37. The quantitative estimate of drug-likeness (QED) is 0.903. The Morgan fingerprint density at radius 3 is 2.79 bits per heavy atom. The Labute approximate surface area is 107 Å². The predicted octanol–water partition coefficient (Wildman–Crippen LogP) is 1.31. The zero-order valence-electron chi connectivity index (χ0n) is 9.75. The molecule has 2 rings (SSSR count). The third-order valence-electron chi connectivity index (χ3n) is 2.39. The molecule has 0 aliphatic heterocycles. The maximum atomic E-state index is 12.9. The number of halogens is 1. The maximum absolute atomic E-state index is 12.9. The number of aromatic nitrogens is 1. The molecular weight excluding hydrogens is 253 g/mol. The smallest absolute Gasteiger partial charge is 0.337 e. The van der Waals surface area contributed by atoms with E-state index in [1.54, 1.807) is 6.07 Å². The summed E-state index contributed by atoms with van der Waals surface area (Å²) < 4.78 is 13.8. The van der Waals surface area contributed by atoms with Gasteiger partial charge in [-0.05, 0) is 23.8 Å². The highest BCUT2D eigenvalue weighted by Gasteiger charge is 2.06. The fourth-order valence-electron chi connectivity index (χ4n) is 1.47. The molecule has 0 amide bonds. The molecule has 1 heterocycles. The van der Waals surface area contributed by atoms with Crippen molar-refractivity contribution in [3.8, 4) is 0 Å². The van der Waals surface area contributed by atoms with Crippen molar-refractivity contribution in [2.45, 2.75) is 6.61 Å². The second kappa shape index (κ2) is 5.34. The molecule has 19 heavy (non-hydrogen) atoms. The third kappa shape index (κ3) is 3.19. The Kier molecular flexibility index (Phi) is 3.61. The summed E-state index contributed by atoms with van der Waals surface area (Å²) in [5, 5.41) is 8.80. The van der Waals surface area contributed by atoms with Crippen molar-refractivity contribution in [3.63, 3.8) is 0 Å². The van der Waals surface area contributed by atoms with E-state index in [0.717, 1.165) is 17.0 Å². The first kappa shape index (κ1) is 12.8. The summed E-state index contributed by atoms with van der Waals surface area (Å²) in [5.41, 5.74) is -0.0344. The molecule has 2 aromatic rings. The van der Waals surface area contributed by atoms with Crippen molar-refractivity contribution >= 4 is 5.97 Å². The minimum absolute atomic E-state index is 0.0409. The Morgan fingerprint density at radius 1 is 1.32 bits per heavy atom. The van der Waals surface area contributed by atoms with Gasteiger partial charge in [-0.3, -0.25) is 4.79 Å². The molecule has 1 aromatic heterocycles. The minimum Gasteiger partial charge on any atom is -0.478 e. The van der Waals surface area contributed by atoms with E-state index in [9.17, 15) is 14.0 Å². The van der Waals surface area contributed by atoms with Gasteiger partial charge in [-0.1, -0.05) is 12.1 Å². The van der Waals surface area contributed by atoms with Crippen LogP contribution in [0.2, 0.25) is 0 Å². The number of hydrogen-bond acceptors (Lipinski definition) is 3. The lowest BCUT2D eigenvalue weighted by molar-refractivity contribution is 0.0674. The van der Waals surface area contributed by atoms with Gasteiger partial charge >= 0.3 is 5.97 Å². The van der Waals surface area contributed by atoms with Crippen LogP contribution >= 0.6 is 0 Å². The van der Waals surface area contributed by atoms with Crippen LogP contribution in [-0.2, 0) is 6.61 Å². The van der Waals surface area contributed by atoms with Crippen molar-refractivity contribution in [2.75, 3.05) is 0 Å². The van der Waals surface area contributed by atoms with Crippen molar-refractivity contribution in [1.29, 1.82) is 0 Å². The van der Waals surface area contributed by atoms with E-state index < -0.39 is 17.3 Å². The topological polar surface area (TPSA) is 68.5 Å². The Balaban J connectivity index is 2.17. The van der Waals surface area contributed by atoms with Crippen LogP contribution in [-0.4, -0.2) is 15.8 Å². The summed E-state index contributed by atoms with van der Waals surface area (Å²) in [5.74, 6) is -1.57. The van der Waals surface area contributed by atoms with Crippen LogP contribution in [0.1, 0.15) is 15.9 Å². The lowest BCUT2D eigenvalue weighted by Gasteiger charge is -2.08. The molecule has 98 valence electrons. The highest BCUT2D eigenvalue weighted by molar-refractivity contribution is 5.87. The molecule has 0 bridgehead atoms. The number of rotatable bonds is 4. The summed E-state index contributed by atoms with van der Waals surface area (Å²) in [6, 6.07) is 7.99. The number of aromatic carboxylic acids is 1. The Hall–Kier alpha value is -2.63. The summed E-state index contributed by atoms with van der Waals surface area (Å²) in [6.45, 7) is -0.0409. The van der Waals surface area contributed by atoms with E-state index in [0.29, 0.717) is 5.56 Å². The number of pyridine rings is 1. The van der Waals surface area contributed by atoms with Gasteiger partial charge in [0.2, 0.25) is 0 Å². The highest BCUT2D eigenvalue weighted by Crippen LogP contribution is 2.03. The van der Waals surface area contributed by atoms with E-state index in [1.165, 1.54) is 24.3 Å². The number of carboxylic acid groups (broad SMARTS) is 1. The molecule has 0 atom stereocenters. The Bertz CT molecular complexity index is 666. The van der Waals surface area contributed by atoms with Gasteiger partial charge in [-0.25, -0.2) is 9.18 Å². The lowest BCUT2D eigenvalue weighted by Crippen LogP contribution is -2.26. The van der Waals surface area contributed by atoms with Crippen LogP contribution in [0.5, 0.6) is 0 Å². The number of carbonyl (C=O) groups is 1. The molecule has 5 nitrogen and oxygen atoms in total. The Morgan fingerprint density at radius 2 is 2.11 bits per heavy atom. The number of carboxylic acids is 1. The van der Waals surface area contributed by atoms with Crippen LogP contribution in [0.25, 0.3) is 0 Å². The van der Waals surface area contributed by atoms with Crippen molar-refractivity contribution in [2.24, 2.45) is 0 Å². The molecule has 6 heteroatoms. The van der Waals surface area contributed by atoms with Gasteiger partial charge in [0.05, 0.1) is 11.8 Å². The number of benzene rings is 1. The standard InChI is InChI=1S/C13H10FNO4/c14-11-3-1-2-9(6-11)8-19-15-7-10(13(17)18)4-5-12(15)16/h1-7H,8H2,(H,17,18). The van der Waals surface area contributed by atoms with E-state index in [2.05, 4.69) is 0 Å². The summed E-state index contributed by atoms with van der Waals surface area (Å²) >= 11 is 0. The molecule has 1 N–H and O–H groups in total. The van der Waals surface area contributed by atoms with E-state index in [1.807, 2.05) is 0 Å². The number of nitrogens with zero attached hydrogens (tertiary/aromatic N) is 1. The zero-order chi connectivity index (χ0) is 13.8. The fourth-order valence-corrected chi connectivity index (χ4v) is 1.47. The first-order valence-electron chi connectivity index (χ1n) is 5.40. The molecule has 0 unspecified atom stereocenters. The molecule has 0 saturated carbocycles. The van der Waals surface area contributed by atoms with Crippen LogP contribution in [0, 0.1) is 5.82 Å². The molecule has 0 saturated heterocycles. The lowest BCUT2D eigenvalue weighted by atomic mass is 10.2. The SMILES string of the molecule is O=C(O)c1ccc(=O)n(OCc2cccc(F)c2)c1. The molecule has 1 aromatic carbocycles. The monoisotopic (exact) mass is 263 g/mol. The third-order valence-corrected chi connectivity index (χ3v) is 2.39. The fraction of sp³-hybridized carbons (Fsp3) is 0.0769. The van der Waals surface area contributed by atoms with Crippen molar-refractivity contribution < 1.29 is 19.1 Å². The summed E-state index contributed by atoms with van der Waals surface area (Å²) in [6.07, 6.45) is 1.07. The van der Waals surface area contributed by atoms with Gasteiger partial charge in [-0.15, -0.1) is 0 Å². The maximum Gasteiger partial charge on any atom is 0.337 e. The summed E-state index contributed by atoms with van der Waals surface area (Å²) in [4.78, 5) is 27.4. The van der Waals surface area contributed by atoms with Gasteiger partial charge in [-0.2, -0.15) is 4.73 Å². The normalized spacial score (nSPS) is 10.2. The molecule has 0 radical (unpaired) electrons. The van der Waals surface area contributed by atoms with Crippen LogP contribution in [0.15, 0.2) is 47.4 Å². The van der Waals surface area contributed by atoms with Gasteiger partial charge in [0.25, 0.3) is 5.56 Å².